The molecular weight excluding hydrogens is 612 g/mol. The van der Waals surface area contributed by atoms with Gasteiger partial charge in [-0.3, -0.25) is 14.6 Å². The number of methoxy groups -OCH3 is 4. The molecule has 3 aliphatic rings. The Labute approximate surface area is 280 Å². The van der Waals surface area contributed by atoms with E-state index < -0.39 is 6.04 Å². The van der Waals surface area contributed by atoms with E-state index in [1.165, 1.54) is 7.11 Å². The van der Waals surface area contributed by atoms with Gasteiger partial charge >= 0.3 is 0 Å². The number of phenols is 2. The molecule has 11 nitrogen and oxygen atoms in total. The van der Waals surface area contributed by atoms with Gasteiger partial charge in [-0.2, -0.15) is 0 Å². The molecule has 1 aromatic heterocycles. The second-order valence-corrected chi connectivity index (χ2v) is 12.9. The molecule has 48 heavy (non-hydrogen) atoms. The lowest BCUT2D eigenvalue weighted by molar-refractivity contribution is -0.0482. The zero-order chi connectivity index (χ0) is 34.0. The maximum absolute atomic E-state index is 13.6. The second kappa shape index (κ2) is 12.1. The van der Waals surface area contributed by atoms with Gasteiger partial charge in [-0.1, -0.05) is 24.3 Å². The number of nitrogens with one attached hydrogen (secondary N) is 1. The van der Waals surface area contributed by atoms with Crippen LogP contribution in [0, 0.1) is 13.8 Å². The third kappa shape index (κ3) is 4.62. The van der Waals surface area contributed by atoms with E-state index in [1.807, 2.05) is 44.2 Å². The number of nitrogens with zero attached hydrogens (tertiary/aromatic N) is 3. The highest BCUT2D eigenvalue weighted by Gasteiger charge is 2.53. The van der Waals surface area contributed by atoms with Crippen molar-refractivity contribution in [1.82, 2.24) is 20.1 Å². The van der Waals surface area contributed by atoms with Crippen LogP contribution in [-0.2, 0) is 12.8 Å². The molecule has 4 atom stereocenters. The molecule has 3 aliphatic heterocycles. The van der Waals surface area contributed by atoms with E-state index >= 15 is 0 Å². The molecule has 0 radical (unpaired) electrons. The fraction of sp³-hybridized carbons (Fsp3) is 0.405. The van der Waals surface area contributed by atoms with Gasteiger partial charge < -0.3 is 34.5 Å². The molecule has 1 amide bonds. The third-order valence-electron chi connectivity index (χ3n) is 10.7. The van der Waals surface area contributed by atoms with Crippen LogP contribution < -0.4 is 24.3 Å². The smallest absolute Gasteiger partial charge is 0.269 e. The molecule has 3 aromatic carbocycles. The minimum Gasteiger partial charge on any atom is -0.504 e. The van der Waals surface area contributed by atoms with Crippen LogP contribution in [0.4, 0.5) is 0 Å². The highest BCUT2D eigenvalue weighted by atomic mass is 16.5. The van der Waals surface area contributed by atoms with Gasteiger partial charge in [0.15, 0.2) is 23.0 Å². The Hall–Kier alpha value is -4.74. The summed E-state index contributed by atoms with van der Waals surface area (Å²) in [5.41, 5.74) is 5.80. The minimum absolute atomic E-state index is 0.0404. The Kier molecular flexibility index (Phi) is 7.99. The van der Waals surface area contributed by atoms with E-state index in [2.05, 4.69) is 27.1 Å². The van der Waals surface area contributed by atoms with Crippen LogP contribution in [0.5, 0.6) is 34.5 Å². The number of hydrogen-bond acceptors (Lipinski definition) is 10. The molecule has 4 heterocycles. The zero-order valence-corrected chi connectivity index (χ0v) is 28.4. The van der Waals surface area contributed by atoms with Crippen molar-refractivity contribution in [2.45, 2.75) is 50.9 Å². The van der Waals surface area contributed by atoms with Crippen LogP contribution in [-0.4, -0.2) is 91.6 Å². The quantitative estimate of drug-likeness (QED) is 0.260. The number of aromatic nitrogens is 1. The van der Waals surface area contributed by atoms with E-state index in [-0.39, 0.29) is 42.1 Å². The molecule has 252 valence electrons. The van der Waals surface area contributed by atoms with Crippen molar-refractivity contribution in [2.24, 2.45) is 0 Å². The van der Waals surface area contributed by atoms with Crippen molar-refractivity contribution in [3.05, 3.63) is 75.5 Å². The molecule has 0 aliphatic carbocycles. The normalized spacial score (nSPS) is 21.6. The summed E-state index contributed by atoms with van der Waals surface area (Å²) in [5.74, 6) is 1.95. The summed E-state index contributed by atoms with van der Waals surface area (Å²) in [6, 6.07) is 10.5. The molecule has 3 N–H and O–H groups in total. The Bertz CT molecular complexity index is 1950. The number of benzene rings is 3. The van der Waals surface area contributed by atoms with Gasteiger partial charge in [0.1, 0.15) is 17.2 Å². The first-order chi connectivity index (χ1) is 23.1. The number of rotatable bonds is 7. The Balaban J connectivity index is 1.36. The maximum Gasteiger partial charge on any atom is 0.269 e. The van der Waals surface area contributed by atoms with E-state index in [4.69, 9.17) is 18.9 Å². The highest BCUT2D eigenvalue weighted by Crippen LogP contribution is 2.57. The number of hydrogen-bond donors (Lipinski definition) is 3. The number of amides is 1. The van der Waals surface area contributed by atoms with Gasteiger partial charge in [0.25, 0.3) is 5.91 Å². The lowest BCUT2D eigenvalue weighted by Crippen LogP contribution is -2.64. The van der Waals surface area contributed by atoms with Crippen LogP contribution in [0.15, 0.2) is 36.4 Å². The fourth-order valence-corrected chi connectivity index (χ4v) is 8.61. The SMILES string of the molecule is COc1c(C)c(OC)c2c(c1O)[C@@H]1[C@@H]3Cc4c(OC)c(C)c(OC)c(O)c4[C@H](CNC(=O)c4ccc5ccccc5n4)N3C[C@H](C2)N1C. The number of likely N-dealkylation sites (N-methyl/N-ethyl adjacent to an activating group) is 1. The number of aromatic hydroxyl groups is 2. The Morgan fingerprint density at radius 3 is 2.10 bits per heavy atom. The van der Waals surface area contributed by atoms with Crippen LogP contribution in [0.25, 0.3) is 10.9 Å². The van der Waals surface area contributed by atoms with Crippen molar-refractivity contribution in [3.8, 4) is 34.5 Å². The van der Waals surface area contributed by atoms with Gasteiger partial charge in [0, 0.05) is 63.9 Å². The van der Waals surface area contributed by atoms with Gasteiger partial charge in [-0.05, 0) is 45.9 Å². The van der Waals surface area contributed by atoms with Crippen molar-refractivity contribution < 1.29 is 34.0 Å². The predicted molar refractivity (Wildman–Crippen MR) is 181 cm³/mol. The van der Waals surface area contributed by atoms with Gasteiger partial charge in [-0.25, -0.2) is 4.98 Å². The standard InChI is InChI=1S/C37H42N4O7/c1-18-33(45-4)22-14-21-17-41-26(30(40(21)3)29(22)32(43)36(18)48-7)15-23-28(31(42)35(47-6)19(2)34(23)46-5)27(41)16-38-37(44)25-13-12-20-10-8-9-11-24(20)39-25/h8-13,21,26-27,30,42-43H,14-17H2,1-7H3,(H,38,44)/t21-,26-,27-,30-/m0/s1. The fourth-order valence-electron chi connectivity index (χ4n) is 8.61. The van der Waals surface area contributed by atoms with Gasteiger partial charge in [0.05, 0.1) is 46.0 Å². The highest BCUT2D eigenvalue weighted by molar-refractivity contribution is 5.94. The average Bonchev–Trinajstić information content (AvgIpc) is 3.08. The first kappa shape index (κ1) is 31.8. The third-order valence-corrected chi connectivity index (χ3v) is 10.7. The van der Waals surface area contributed by atoms with Crippen LogP contribution in [0.1, 0.15) is 56.0 Å². The maximum atomic E-state index is 13.6. The zero-order valence-electron chi connectivity index (χ0n) is 28.4. The average molecular weight is 655 g/mol. The van der Waals surface area contributed by atoms with Crippen LogP contribution in [0.3, 0.4) is 0 Å². The number of pyridine rings is 1. The lowest BCUT2D eigenvalue weighted by atomic mass is 9.73. The first-order valence-corrected chi connectivity index (χ1v) is 16.2. The minimum atomic E-state index is -0.441. The largest absolute Gasteiger partial charge is 0.504 e. The summed E-state index contributed by atoms with van der Waals surface area (Å²) >= 11 is 0. The molecule has 0 saturated carbocycles. The molecule has 11 heteroatoms. The van der Waals surface area contributed by atoms with Crippen molar-refractivity contribution >= 4 is 16.8 Å². The number of ether oxygens (including phenoxy) is 4. The summed E-state index contributed by atoms with van der Waals surface area (Å²) in [4.78, 5) is 22.9. The summed E-state index contributed by atoms with van der Waals surface area (Å²) < 4.78 is 23.4. The first-order valence-electron chi connectivity index (χ1n) is 16.2. The summed E-state index contributed by atoms with van der Waals surface area (Å²) in [7, 11) is 8.46. The second-order valence-electron chi connectivity index (χ2n) is 12.9. The number of carbonyl (C=O) groups excluding carboxylic acids is 1. The van der Waals surface area contributed by atoms with E-state index in [9.17, 15) is 15.0 Å². The Morgan fingerprint density at radius 1 is 0.854 bits per heavy atom. The molecule has 1 saturated heterocycles. The molecular formula is C37H42N4O7. The monoisotopic (exact) mass is 654 g/mol. The van der Waals surface area contributed by atoms with Crippen LogP contribution in [0.2, 0.25) is 0 Å². The van der Waals surface area contributed by atoms with Gasteiger partial charge in [0.2, 0.25) is 0 Å². The van der Waals surface area contributed by atoms with E-state index in [1.54, 1.807) is 27.4 Å². The molecule has 0 spiro atoms. The summed E-state index contributed by atoms with van der Waals surface area (Å²) in [6.45, 7) is 4.62. The van der Waals surface area contributed by atoms with Crippen molar-refractivity contribution in [3.63, 3.8) is 0 Å². The Morgan fingerprint density at radius 2 is 1.46 bits per heavy atom. The number of carbonyl (C=O) groups is 1. The molecule has 7 rings (SSSR count). The topological polar surface area (TPSA) is 126 Å². The number of piperazine rings is 1. The lowest BCUT2D eigenvalue weighted by Gasteiger charge is -2.58. The molecule has 4 aromatic rings. The van der Waals surface area contributed by atoms with E-state index in [0.29, 0.717) is 53.5 Å². The molecule has 0 unspecified atom stereocenters. The summed E-state index contributed by atoms with van der Waals surface area (Å²) in [6.07, 6.45) is 1.17. The van der Waals surface area contributed by atoms with Crippen molar-refractivity contribution in [2.75, 3.05) is 48.6 Å². The molecule has 1 fully saturated rings. The summed E-state index contributed by atoms with van der Waals surface area (Å²) in [5, 5.41) is 27.7. The van der Waals surface area contributed by atoms with Crippen molar-refractivity contribution in [1.29, 1.82) is 0 Å². The number of phenolic OH excluding ortho intramolecular Hbond substituents is 2. The van der Waals surface area contributed by atoms with Gasteiger partial charge in [-0.15, -0.1) is 0 Å². The predicted octanol–water partition coefficient (Wildman–Crippen LogP) is 4.61. The van der Waals surface area contributed by atoms with E-state index in [0.717, 1.165) is 38.9 Å². The number of fused-ring (bicyclic) bond motifs is 8. The number of para-hydroxylation sites is 1. The molecule has 2 bridgehead atoms. The van der Waals surface area contributed by atoms with Crippen LogP contribution >= 0.6 is 0 Å².